The van der Waals surface area contributed by atoms with Crippen LogP contribution in [-0.2, 0) is 9.59 Å². The van der Waals surface area contributed by atoms with Gasteiger partial charge >= 0.3 is 0 Å². The van der Waals surface area contributed by atoms with E-state index >= 15 is 0 Å². The Hall–Kier alpha value is -3.41. The molecule has 3 aromatic rings. The summed E-state index contributed by atoms with van der Waals surface area (Å²) >= 11 is 0. The van der Waals surface area contributed by atoms with E-state index in [2.05, 4.69) is 20.9 Å². The molecule has 28 heavy (non-hydrogen) atoms. The summed E-state index contributed by atoms with van der Waals surface area (Å²) in [7, 11) is 0. The molecular formula is C22H20N4O2. The number of nitrogens with one attached hydrogen (secondary N) is 1. The predicted octanol–water partition coefficient (Wildman–Crippen LogP) is 3.47. The van der Waals surface area contributed by atoms with Crippen molar-refractivity contribution in [2.24, 2.45) is 0 Å². The van der Waals surface area contributed by atoms with Crippen LogP contribution >= 0.6 is 0 Å². The highest BCUT2D eigenvalue weighted by Gasteiger charge is 2.30. The summed E-state index contributed by atoms with van der Waals surface area (Å²) < 4.78 is 2.10. The fraction of sp³-hybridized carbons (Fsp3) is 0.227. The van der Waals surface area contributed by atoms with Gasteiger partial charge in [-0.25, -0.2) is 0 Å². The number of anilines is 2. The first-order chi connectivity index (χ1) is 13.7. The van der Waals surface area contributed by atoms with Crippen molar-refractivity contribution in [2.45, 2.75) is 25.2 Å². The van der Waals surface area contributed by atoms with Gasteiger partial charge in [0, 0.05) is 66.7 Å². The van der Waals surface area contributed by atoms with Crippen molar-refractivity contribution >= 4 is 23.2 Å². The number of rotatable bonds is 3. The number of hydrogen-bond acceptors (Lipinski definition) is 3. The van der Waals surface area contributed by atoms with Gasteiger partial charge < -0.3 is 14.8 Å². The SMILES string of the molecule is O=C1CC(c2cccn2-c2ccncc2)c2ccc(N3CCCC3=O)cc2N1. The molecule has 2 amide bonds. The van der Waals surface area contributed by atoms with Crippen LogP contribution in [0, 0.1) is 0 Å². The molecule has 6 heteroatoms. The first-order valence-corrected chi connectivity index (χ1v) is 9.52. The van der Waals surface area contributed by atoms with Gasteiger partial charge in [-0.15, -0.1) is 0 Å². The quantitative estimate of drug-likeness (QED) is 0.765. The first kappa shape index (κ1) is 16.7. The van der Waals surface area contributed by atoms with Crippen molar-refractivity contribution in [1.29, 1.82) is 0 Å². The molecule has 1 N–H and O–H groups in total. The largest absolute Gasteiger partial charge is 0.326 e. The van der Waals surface area contributed by atoms with Crippen molar-refractivity contribution in [3.05, 3.63) is 72.3 Å². The lowest BCUT2D eigenvalue weighted by Crippen LogP contribution is -2.27. The summed E-state index contributed by atoms with van der Waals surface area (Å²) in [5, 5.41) is 2.99. The third-order valence-electron chi connectivity index (χ3n) is 5.54. The van der Waals surface area contributed by atoms with Crippen LogP contribution in [0.3, 0.4) is 0 Å². The summed E-state index contributed by atoms with van der Waals surface area (Å²) in [5.41, 5.74) is 4.80. The third-order valence-corrected chi connectivity index (χ3v) is 5.54. The van der Waals surface area contributed by atoms with Crippen molar-refractivity contribution < 1.29 is 9.59 Å². The summed E-state index contributed by atoms with van der Waals surface area (Å²) in [6.45, 7) is 0.736. The van der Waals surface area contributed by atoms with E-state index in [0.29, 0.717) is 12.8 Å². The summed E-state index contributed by atoms with van der Waals surface area (Å²) in [6, 6.07) is 13.9. The zero-order valence-electron chi connectivity index (χ0n) is 15.3. The second-order valence-electron chi connectivity index (χ2n) is 7.23. The number of carbonyl (C=O) groups excluding carboxylic acids is 2. The first-order valence-electron chi connectivity index (χ1n) is 9.52. The van der Waals surface area contributed by atoms with E-state index in [1.54, 1.807) is 17.3 Å². The fourth-order valence-electron chi connectivity index (χ4n) is 4.22. The van der Waals surface area contributed by atoms with E-state index in [0.717, 1.165) is 41.3 Å². The average Bonchev–Trinajstić information content (AvgIpc) is 3.36. The molecule has 5 rings (SSSR count). The Balaban J connectivity index is 1.56. The molecule has 2 aliphatic heterocycles. The van der Waals surface area contributed by atoms with Crippen LogP contribution in [0.1, 0.15) is 36.4 Å². The van der Waals surface area contributed by atoms with Gasteiger partial charge in [-0.3, -0.25) is 14.6 Å². The predicted molar refractivity (Wildman–Crippen MR) is 107 cm³/mol. The Labute approximate surface area is 162 Å². The molecule has 4 heterocycles. The molecule has 1 unspecified atom stereocenters. The molecule has 0 aliphatic carbocycles. The van der Waals surface area contributed by atoms with Gasteiger partial charge in [0.2, 0.25) is 11.8 Å². The molecule has 2 aliphatic rings. The molecule has 0 bridgehead atoms. The zero-order valence-corrected chi connectivity index (χ0v) is 15.3. The molecule has 0 spiro atoms. The van der Waals surface area contributed by atoms with Gasteiger partial charge in [0.05, 0.1) is 0 Å². The minimum absolute atomic E-state index is 0.00937. The van der Waals surface area contributed by atoms with E-state index < -0.39 is 0 Å². The number of nitrogens with zero attached hydrogens (tertiary/aromatic N) is 3. The monoisotopic (exact) mass is 372 g/mol. The van der Waals surface area contributed by atoms with Crippen LogP contribution in [-0.4, -0.2) is 27.9 Å². The zero-order chi connectivity index (χ0) is 19.1. The second-order valence-corrected chi connectivity index (χ2v) is 7.23. The van der Waals surface area contributed by atoms with Crippen molar-refractivity contribution in [3.8, 4) is 5.69 Å². The fourth-order valence-corrected chi connectivity index (χ4v) is 4.22. The molecule has 1 atom stereocenters. The van der Waals surface area contributed by atoms with E-state index in [-0.39, 0.29) is 17.7 Å². The molecule has 1 aromatic carbocycles. The van der Waals surface area contributed by atoms with E-state index in [9.17, 15) is 9.59 Å². The molecule has 0 radical (unpaired) electrons. The molecular weight excluding hydrogens is 352 g/mol. The average molecular weight is 372 g/mol. The van der Waals surface area contributed by atoms with Crippen molar-refractivity contribution in [3.63, 3.8) is 0 Å². The summed E-state index contributed by atoms with van der Waals surface area (Å²) in [6.07, 6.45) is 7.40. The highest BCUT2D eigenvalue weighted by atomic mass is 16.2. The Morgan fingerprint density at radius 3 is 2.68 bits per heavy atom. The summed E-state index contributed by atoms with van der Waals surface area (Å²) in [5.74, 6) is 0.0883. The van der Waals surface area contributed by atoms with Gasteiger partial charge in [0.15, 0.2) is 0 Å². The maximum Gasteiger partial charge on any atom is 0.227 e. The van der Waals surface area contributed by atoms with E-state index in [1.165, 1.54) is 0 Å². The van der Waals surface area contributed by atoms with Crippen LogP contribution in [0.15, 0.2) is 61.1 Å². The molecule has 0 saturated carbocycles. The van der Waals surface area contributed by atoms with Crippen LogP contribution < -0.4 is 10.2 Å². The number of hydrogen-bond donors (Lipinski definition) is 1. The molecule has 1 saturated heterocycles. The Morgan fingerprint density at radius 2 is 1.89 bits per heavy atom. The van der Waals surface area contributed by atoms with Gasteiger partial charge in [-0.1, -0.05) is 6.07 Å². The maximum atomic E-state index is 12.5. The van der Waals surface area contributed by atoms with Gasteiger partial charge in [0.1, 0.15) is 0 Å². The number of benzene rings is 1. The van der Waals surface area contributed by atoms with E-state index in [4.69, 9.17) is 0 Å². The Morgan fingerprint density at radius 1 is 1.04 bits per heavy atom. The lowest BCUT2D eigenvalue weighted by Gasteiger charge is -2.28. The van der Waals surface area contributed by atoms with Gasteiger partial charge in [-0.05, 0) is 48.4 Å². The molecule has 1 fully saturated rings. The Kier molecular flexibility index (Phi) is 3.97. The van der Waals surface area contributed by atoms with Crippen LogP contribution in [0.2, 0.25) is 0 Å². The maximum absolute atomic E-state index is 12.5. The number of pyridine rings is 1. The number of amides is 2. The topological polar surface area (TPSA) is 67.2 Å². The van der Waals surface area contributed by atoms with Crippen molar-refractivity contribution in [2.75, 3.05) is 16.8 Å². The van der Waals surface area contributed by atoms with Gasteiger partial charge in [0.25, 0.3) is 0 Å². The molecule has 2 aromatic heterocycles. The second kappa shape index (κ2) is 6.64. The lowest BCUT2D eigenvalue weighted by atomic mass is 9.87. The summed E-state index contributed by atoms with van der Waals surface area (Å²) in [4.78, 5) is 30.4. The number of fused-ring (bicyclic) bond motifs is 1. The lowest BCUT2D eigenvalue weighted by molar-refractivity contribution is -0.117. The smallest absolute Gasteiger partial charge is 0.227 e. The minimum atomic E-state index is -0.0461. The standard InChI is InChI=1S/C22H20N4O2/c27-21-14-18(20-3-1-11-25(20)15-7-9-23-10-8-15)17-6-5-16(13-19(17)24-21)26-12-2-4-22(26)28/h1,3,5-11,13,18H,2,4,12,14H2,(H,24,27). The molecule has 6 nitrogen and oxygen atoms in total. The normalized spacial score (nSPS) is 18.9. The van der Waals surface area contributed by atoms with Crippen LogP contribution in [0.5, 0.6) is 0 Å². The molecule has 140 valence electrons. The number of aromatic nitrogens is 2. The van der Waals surface area contributed by atoms with E-state index in [1.807, 2.05) is 42.6 Å². The minimum Gasteiger partial charge on any atom is -0.326 e. The Bertz CT molecular complexity index is 1060. The van der Waals surface area contributed by atoms with Crippen LogP contribution in [0.25, 0.3) is 5.69 Å². The van der Waals surface area contributed by atoms with Gasteiger partial charge in [-0.2, -0.15) is 0 Å². The number of carbonyl (C=O) groups is 2. The third kappa shape index (κ3) is 2.78. The highest BCUT2D eigenvalue weighted by molar-refractivity contribution is 5.99. The van der Waals surface area contributed by atoms with Crippen molar-refractivity contribution in [1.82, 2.24) is 9.55 Å². The van der Waals surface area contributed by atoms with Crippen LogP contribution in [0.4, 0.5) is 11.4 Å². The highest BCUT2D eigenvalue weighted by Crippen LogP contribution is 2.40.